The predicted molar refractivity (Wildman–Crippen MR) is 254 cm³/mol. The minimum absolute atomic E-state index is 0. The van der Waals surface area contributed by atoms with E-state index in [4.69, 9.17) is 48.8 Å². The molecule has 2 unspecified atom stereocenters. The van der Waals surface area contributed by atoms with Gasteiger partial charge >= 0.3 is 81.1 Å². The molecule has 1 saturated carbocycles. The Labute approximate surface area is 415 Å². The van der Waals surface area contributed by atoms with E-state index >= 15 is 0 Å². The van der Waals surface area contributed by atoms with Crippen molar-refractivity contribution in [3.05, 3.63) is 32.8 Å². The van der Waals surface area contributed by atoms with Crippen LogP contribution in [-0.4, -0.2) is 71.6 Å². The first kappa shape index (κ1) is 80.7. The smallest absolute Gasteiger partial charge is 0 e. The number of halogens is 4. The second-order valence-corrected chi connectivity index (χ2v) is 23.0. The van der Waals surface area contributed by atoms with Crippen molar-refractivity contribution in [1.29, 1.82) is 0 Å². The van der Waals surface area contributed by atoms with Crippen LogP contribution in [-0.2, 0) is 68.0 Å². The molecule has 1 aliphatic carbocycles. The van der Waals surface area contributed by atoms with Crippen LogP contribution >= 0.6 is 68.8 Å². The Morgan fingerprint density at radius 2 is 0.509 bits per heavy atom. The van der Waals surface area contributed by atoms with E-state index in [1.165, 1.54) is 116 Å². The van der Waals surface area contributed by atoms with Gasteiger partial charge in [-0.2, -0.15) is 34.8 Å². The summed E-state index contributed by atoms with van der Waals surface area (Å²) >= 11 is 20.3. The number of hydrogen-bond acceptors (Lipinski definition) is 0. The molecule has 1 fully saturated rings. The van der Waals surface area contributed by atoms with Crippen molar-refractivity contribution < 1.29 is 68.0 Å². The monoisotopic (exact) mass is 1210 g/mol. The Hall–Kier alpha value is 3.42. The van der Waals surface area contributed by atoms with Gasteiger partial charge in [0.1, 0.15) is 0 Å². The molecule has 0 heterocycles. The zero-order chi connectivity index (χ0) is 44.0. The summed E-state index contributed by atoms with van der Waals surface area (Å²) in [5.41, 5.74) is 0. The van der Waals surface area contributed by atoms with E-state index in [9.17, 15) is 0 Å². The summed E-state index contributed by atoms with van der Waals surface area (Å²) in [6.45, 7) is 34.3. The number of alkyl halides is 3. The average molecular weight is 1210 g/mol. The number of hydrogen-bond donors (Lipinski definition) is 0. The van der Waals surface area contributed by atoms with Crippen LogP contribution in [0.1, 0.15) is 178 Å². The van der Waals surface area contributed by atoms with Crippen LogP contribution in [0.25, 0.3) is 0 Å². The van der Waals surface area contributed by atoms with Gasteiger partial charge in [-0.05, 0) is 113 Å². The molecular formula is C44H86AuCl4MnNiO3P3-. The third-order valence-corrected chi connectivity index (χ3v) is 18.3. The van der Waals surface area contributed by atoms with Crippen LogP contribution < -0.4 is 0 Å². The van der Waals surface area contributed by atoms with Crippen molar-refractivity contribution >= 4 is 68.8 Å². The molecule has 0 aliphatic heterocycles. The molecule has 3 nitrogen and oxygen atoms in total. The molecule has 13 heteroatoms. The molecule has 0 saturated heterocycles. The Kier molecular flexibility index (Phi) is 113. The van der Waals surface area contributed by atoms with Gasteiger partial charge in [0.25, 0.3) is 0 Å². The third kappa shape index (κ3) is 74.1. The van der Waals surface area contributed by atoms with E-state index in [-0.39, 0.29) is 55.6 Å². The standard InChI is InChI=1S/3C12H27P.C5H5Cl3.3CO.Au.ClH.Mn.Ni/c3*1-4-7-10-13(11-8-5-2)12-9-6-3;6-3-1-4(7)5(8)2-3;3*1-2;;;;/h3*4-12H2,1-3H3;1-5H;;;;;1H;;/q;;;-2;;;;+1;;;+1/p-1. The molecule has 57 heavy (non-hydrogen) atoms. The van der Waals surface area contributed by atoms with E-state index in [2.05, 4.69) is 107 Å². The largest absolute Gasteiger partial charge is 0 e. The molecule has 1 radical (unpaired) electrons. The molecule has 2 atom stereocenters. The molecule has 352 valence electrons. The van der Waals surface area contributed by atoms with Crippen LogP contribution in [0.5, 0.6) is 0 Å². The second-order valence-electron chi connectivity index (χ2n) is 13.4. The van der Waals surface area contributed by atoms with Crippen LogP contribution in [0.2, 0.25) is 0 Å². The van der Waals surface area contributed by atoms with Crippen LogP contribution in [0.4, 0.5) is 0 Å². The summed E-state index contributed by atoms with van der Waals surface area (Å²) in [4.78, 5) is 0. The van der Waals surface area contributed by atoms with Crippen molar-refractivity contribution in [2.75, 3.05) is 55.5 Å². The quantitative estimate of drug-likeness (QED) is 0.0259. The number of unbranched alkanes of at least 4 members (excludes halogenated alkanes) is 9. The number of rotatable bonds is 27. The van der Waals surface area contributed by atoms with E-state index < -0.39 is 0 Å². The summed E-state index contributed by atoms with van der Waals surface area (Å²) in [6, 6.07) is 0. The van der Waals surface area contributed by atoms with Crippen molar-refractivity contribution in [3.8, 4) is 0 Å². The van der Waals surface area contributed by atoms with Gasteiger partial charge in [0, 0.05) is 17.1 Å². The Bertz CT molecular complexity index is 573. The maximum absolute atomic E-state index is 7.50. The van der Waals surface area contributed by atoms with Crippen molar-refractivity contribution in [3.63, 3.8) is 0 Å². The summed E-state index contributed by atoms with van der Waals surface area (Å²) in [5, 5.41) is -0.210. The van der Waals surface area contributed by atoms with E-state index in [0.29, 0.717) is 23.8 Å². The maximum Gasteiger partial charge on any atom is 0 e. The molecule has 0 amide bonds. The van der Waals surface area contributed by atoms with Gasteiger partial charge in [-0.1, -0.05) is 120 Å². The van der Waals surface area contributed by atoms with Gasteiger partial charge in [0.2, 0.25) is 0 Å². The van der Waals surface area contributed by atoms with Gasteiger partial charge in [0.05, 0.1) is 0 Å². The minimum atomic E-state index is -0.0841. The Morgan fingerprint density at radius 3 is 0.579 bits per heavy atom. The molecule has 0 bridgehead atoms. The van der Waals surface area contributed by atoms with Crippen molar-refractivity contribution in [2.45, 2.75) is 194 Å². The predicted octanol–water partition coefficient (Wildman–Crippen LogP) is 17.4. The molecule has 1 rings (SSSR count). The van der Waals surface area contributed by atoms with Gasteiger partial charge < -0.3 is 12.8 Å². The summed E-state index contributed by atoms with van der Waals surface area (Å²) < 4.78 is 22.5. The van der Waals surface area contributed by atoms with Gasteiger partial charge in [0.15, 0.2) is 0 Å². The fourth-order valence-corrected chi connectivity index (χ4v) is 14.9. The van der Waals surface area contributed by atoms with Crippen LogP contribution in [0.3, 0.4) is 0 Å². The third-order valence-electron chi connectivity index (χ3n) is 8.49. The average Bonchev–Trinajstić information content (AvgIpc) is 3.53. The zero-order valence-electron chi connectivity index (χ0n) is 37.6. The maximum atomic E-state index is 7.50. The molecular weight excluding hydrogens is 1120 g/mol. The molecule has 0 spiro atoms. The molecule has 1 aliphatic rings. The van der Waals surface area contributed by atoms with E-state index in [0.717, 1.165) is 0 Å². The first-order valence-electron chi connectivity index (χ1n) is 21.3. The SMILES string of the molecule is CCCCP(CCCC)CCCC.CCCCP(CCCC)CCCC.CCCCP(CCCC)CCCC.ClC1[CH-]C(Cl)C(Cl)[CH-]1.[Au+].[C-]#[O+].[C-]#[O+].[C-]#[O+].[Cl][Ni].[Mn]. The van der Waals surface area contributed by atoms with Crippen LogP contribution in [0.15, 0.2) is 0 Å². The van der Waals surface area contributed by atoms with Gasteiger partial charge in [-0.25, -0.2) is 5.38 Å². The van der Waals surface area contributed by atoms with E-state index in [1.54, 1.807) is 68.3 Å². The minimum Gasteiger partial charge on any atom is 0 e. The van der Waals surface area contributed by atoms with Gasteiger partial charge in [-0.15, -0.1) is 34.5 Å². The first-order chi connectivity index (χ1) is 26.7. The molecule has 0 aromatic carbocycles. The molecule has 0 aromatic heterocycles. The molecule has 0 N–H and O–H groups in total. The fourth-order valence-electron chi connectivity index (χ4n) is 5.07. The second kappa shape index (κ2) is 79.8. The van der Waals surface area contributed by atoms with E-state index in [1.807, 2.05) is 0 Å². The molecule has 0 aromatic rings. The van der Waals surface area contributed by atoms with Crippen molar-refractivity contribution in [1.82, 2.24) is 0 Å². The van der Waals surface area contributed by atoms with Gasteiger partial charge in [-0.3, -0.25) is 0 Å². The Morgan fingerprint density at radius 1 is 0.386 bits per heavy atom. The Balaban J connectivity index is -0.0000000723. The first-order valence-corrected chi connectivity index (χ1v) is 29.6. The summed E-state index contributed by atoms with van der Waals surface area (Å²) in [7, 11) is 5.53. The summed E-state index contributed by atoms with van der Waals surface area (Å²) in [6.07, 6.45) is 43.3. The van der Waals surface area contributed by atoms with Crippen LogP contribution in [0, 0.1) is 32.8 Å². The topological polar surface area (TPSA) is 59.7 Å². The van der Waals surface area contributed by atoms with Crippen molar-refractivity contribution in [2.24, 2.45) is 0 Å². The fraction of sp³-hybridized carbons (Fsp3) is 0.886. The summed E-state index contributed by atoms with van der Waals surface area (Å²) in [5.74, 6) is 0. The zero-order valence-corrected chi connectivity index (χ0v) is 47.6. The normalized spacial score (nSPS) is 14.5.